The minimum atomic E-state index is -0.887. The second kappa shape index (κ2) is 6.08. The van der Waals surface area contributed by atoms with Crippen LogP contribution in [0.15, 0.2) is 22.7 Å². The molecular weight excluding hydrogens is 331 g/mol. The summed E-state index contributed by atoms with van der Waals surface area (Å²) in [5.74, 6) is -1.20. The van der Waals surface area contributed by atoms with Crippen molar-refractivity contribution in [1.29, 1.82) is 0 Å². The number of carbonyl (C=O) groups is 1. The van der Waals surface area contributed by atoms with E-state index in [0.717, 1.165) is 0 Å². The Bertz CT molecular complexity index is 632. The van der Waals surface area contributed by atoms with Gasteiger partial charge >= 0.3 is 5.97 Å². The second-order valence-electron chi connectivity index (χ2n) is 4.51. The van der Waals surface area contributed by atoms with E-state index >= 15 is 0 Å². The highest BCUT2D eigenvalue weighted by atomic mass is 79.9. The molecule has 1 heterocycles. The number of carboxylic acids is 1. The number of aliphatic carboxylic acids is 1. The van der Waals surface area contributed by atoms with Crippen LogP contribution in [0.2, 0.25) is 0 Å². The molecule has 1 unspecified atom stereocenters. The SMILES string of the molecule is CC(CC(=O)O)Cn1nnnc1-c1ccc(Br)cc1F. The van der Waals surface area contributed by atoms with Crippen LogP contribution in [0.25, 0.3) is 11.4 Å². The Morgan fingerprint density at radius 2 is 2.30 bits per heavy atom. The summed E-state index contributed by atoms with van der Waals surface area (Å²) in [6, 6.07) is 4.59. The third kappa shape index (κ3) is 3.38. The highest BCUT2D eigenvalue weighted by Gasteiger charge is 2.16. The van der Waals surface area contributed by atoms with Crippen molar-refractivity contribution in [2.24, 2.45) is 5.92 Å². The fourth-order valence-electron chi connectivity index (χ4n) is 1.85. The molecule has 1 aromatic heterocycles. The van der Waals surface area contributed by atoms with Gasteiger partial charge in [-0.3, -0.25) is 4.79 Å². The molecule has 0 aliphatic heterocycles. The maximum atomic E-state index is 13.9. The van der Waals surface area contributed by atoms with E-state index in [1.54, 1.807) is 19.1 Å². The molecule has 0 aliphatic rings. The van der Waals surface area contributed by atoms with E-state index in [-0.39, 0.29) is 23.7 Å². The van der Waals surface area contributed by atoms with Gasteiger partial charge in [0, 0.05) is 17.4 Å². The summed E-state index contributed by atoms with van der Waals surface area (Å²) >= 11 is 3.18. The van der Waals surface area contributed by atoms with Crippen LogP contribution >= 0.6 is 15.9 Å². The lowest BCUT2D eigenvalue weighted by atomic mass is 10.1. The molecule has 8 heteroatoms. The van der Waals surface area contributed by atoms with E-state index in [1.165, 1.54) is 10.7 Å². The Morgan fingerprint density at radius 3 is 2.95 bits per heavy atom. The van der Waals surface area contributed by atoms with Gasteiger partial charge in [0.05, 0.1) is 5.56 Å². The predicted octanol–water partition coefficient (Wildman–Crippen LogP) is 2.35. The highest BCUT2D eigenvalue weighted by Crippen LogP contribution is 2.24. The number of hydrogen-bond donors (Lipinski definition) is 1. The van der Waals surface area contributed by atoms with Crippen LogP contribution in [-0.2, 0) is 11.3 Å². The van der Waals surface area contributed by atoms with Crippen molar-refractivity contribution in [2.45, 2.75) is 19.9 Å². The number of nitrogens with zero attached hydrogens (tertiary/aromatic N) is 4. The monoisotopic (exact) mass is 342 g/mol. The maximum absolute atomic E-state index is 13.9. The topological polar surface area (TPSA) is 80.9 Å². The summed E-state index contributed by atoms with van der Waals surface area (Å²) in [7, 11) is 0. The molecule has 0 bridgehead atoms. The molecule has 0 radical (unpaired) electrons. The normalized spacial score (nSPS) is 12.3. The van der Waals surface area contributed by atoms with E-state index in [9.17, 15) is 9.18 Å². The maximum Gasteiger partial charge on any atom is 0.303 e. The summed E-state index contributed by atoms with van der Waals surface area (Å²) in [6.45, 7) is 2.08. The number of halogens is 2. The average molecular weight is 343 g/mol. The van der Waals surface area contributed by atoms with Crippen LogP contribution in [0.5, 0.6) is 0 Å². The van der Waals surface area contributed by atoms with Crippen LogP contribution in [-0.4, -0.2) is 31.3 Å². The zero-order valence-electron chi connectivity index (χ0n) is 10.6. The van der Waals surface area contributed by atoms with Gasteiger partial charge in [0.15, 0.2) is 5.82 Å². The van der Waals surface area contributed by atoms with Gasteiger partial charge in [-0.2, -0.15) is 0 Å². The number of rotatable bonds is 5. The highest BCUT2D eigenvalue weighted by molar-refractivity contribution is 9.10. The molecule has 0 fully saturated rings. The standard InChI is InChI=1S/C12H12BrFN4O2/c1-7(4-11(19)20)6-18-12(15-16-17-18)9-3-2-8(13)5-10(9)14/h2-3,5,7H,4,6H2,1H3,(H,19,20). The Morgan fingerprint density at radius 1 is 1.55 bits per heavy atom. The van der Waals surface area contributed by atoms with E-state index in [2.05, 4.69) is 31.5 Å². The molecule has 0 saturated carbocycles. The number of benzene rings is 1. The first-order chi connectivity index (χ1) is 9.47. The van der Waals surface area contributed by atoms with Gasteiger partial charge in [-0.15, -0.1) is 5.10 Å². The summed E-state index contributed by atoms with van der Waals surface area (Å²) in [4.78, 5) is 10.7. The van der Waals surface area contributed by atoms with Crippen molar-refractivity contribution < 1.29 is 14.3 Å². The lowest BCUT2D eigenvalue weighted by Crippen LogP contribution is -2.14. The van der Waals surface area contributed by atoms with Gasteiger partial charge in [0.25, 0.3) is 0 Å². The molecule has 1 atom stereocenters. The Kier molecular flexibility index (Phi) is 4.43. The Hall–Kier alpha value is -1.83. The predicted molar refractivity (Wildman–Crippen MR) is 72.3 cm³/mol. The second-order valence-corrected chi connectivity index (χ2v) is 5.43. The number of aromatic nitrogens is 4. The van der Waals surface area contributed by atoms with E-state index < -0.39 is 11.8 Å². The van der Waals surface area contributed by atoms with Gasteiger partial charge in [-0.1, -0.05) is 22.9 Å². The molecule has 2 aromatic rings. The molecule has 0 spiro atoms. The first kappa shape index (κ1) is 14.6. The van der Waals surface area contributed by atoms with E-state index in [1.807, 2.05) is 0 Å². The van der Waals surface area contributed by atoms with Gasteiger partial charge in [-0.05, 0) is 34.5 Å². The van der Waals surface area contributed by atoms with Crippen LogP contribution < -0.4 is 0 Å². The fraction of sp³-hybridized carbons (Fsp3) is 0.333. The third-order valence-corrected chi connectivity index (χ3v) is 3.20. The lowest BCUT2D eigenvalue weighted by molar-refractivity contribution is -0.138. The van der Waals surface area contributed by atoms with Crippen LogP contribution in [0.1, 0.15) is 13.3 Å². The van der Waals surface area contributed by atoms with Crippen molar-refractivity contribution in [3.63, 3.8) is 0 Å². The smallest absolute Gasteiger partial charge is 0.303 e. The molecular formula is C12H12BrFN4O2. The Labute approximate surface area is 122 Å². The Balaban J connectivity index is 2.26. The molecule has 1 aromatic carbocycles. The first-order valence-corrected chi connectivity index (χ1v) is 6.70. The van der Waals surface area contributed by atoms with Crippen molar-refractivity contribution >= 4 is 21.9 Å². The third-order valence-electron chi connectivity index (χ3n) is 2.71. The van der Waals surface area contributed by atoms with Gasteiger partial charge in [0.2, 0.25) is 0 Å². The van der Waals surface area contributed by atoms with E-state index in [0.29, 0.717) is 11.0 Å². The van der Waals surface area contributed by atoms with Crippen molar-refractivity contribution in [3.05, 3.63) is 28.5 Å². The fourth-order valence-corrected chi connectivity index (χ4v) is 2.18. The quantitative estimate of drug-likeness (QED) is 0.901. The van der Waals surface area contributed by atoms with E-state index in [4.69, 9.17) is 5.11 Å². The summed E-state index contributed by atoms with van der Waals surface area (Å²) < 4.78 is 15.9. The van der Waals surface area contributed by atoms with Crippen LogP contribution in [0, 0.1) is 11.7 Å². The van der Waals surface area contributed by atoms with Crippen molar-refractivity contribution in [1.82, 2.24) is 20.2 Å². The number of tetrazole rings is 1. The largest absolute Gasteiger partial charge is 0.481 e. The zero-order valence-corrected chi connectivity index (χ0v) is 12.2. The van der Waals surface area contributed by atoms with Crippen molar-refractivity contribution in [2.75, 3.05) is 0 Å². The molecule has 1 N–H and O–H groups in total. The summed E-state index contributed by atoms with van der Waals surface area (Å²) in [6.07, 6.45) is 0.00210. The first-order valence-electron chi connectivity index (χ1n) is 5.90. The minimum absolute atomic E-state index is 0.00210. The summed E-state index contributed by atoms with van der Waals surface area (Å²) in [5.41, 5.74) is 0.278. The molecule has 106 valence electrons. The number of hydrogen-bond acceptors (Lipinski definition) is 4. The summed E-state index contributed by atoms with van der Waals surface area (Å²) in [5, 5.41) is 19.9. The minimum Gasteiger partial charge on any atom is -0.481 e. The molecule has 2 rings (SSSR count). The van der Waals surface area contributed by atoms with Gasteiger partial charge in [0.1, 0.15) is 5.82 Å². The number of carboxylic acid groups (broad SMARTS) is 1. The molecule has 0 aliphatic carbocycles. The average Bonchev–Trinajstić information content (AvgIpc) is 2.75. The lowest BCUT2D eigenvalue weighted by Gasteiger charge is -2.10. The molecule has 0 amide bonds. The van der Waals surface area contributed by atoms with Gasteiger partial charge in [-0.25, -0.2) is 9.07 Å². The molecule has 20 heavy (non-hydrogen) atoms. The molecule has 0 saturated heterocycles. The van der Waals surface area contributed by atoms with Crippen LogP contribution in [0.4, 0.5) is 4.39 Å². The van der Waals surface area contributed by atoms with Gasteiger partial charge < -0.3 is 5.11 Å². The molecule has 6 nitrogen and oxygen atoms in total. The zero-order chi connectivity index (χ0) is 14.7. The van der Waals surface area contributed by atoms with Crippen LogP contribution in [0.3, 0.4) is 0 Å². The van der Waals surface area contributed by atoms with Crippen molar-refractivity contribution in [3.8, 4) is 11.4 Å².